The van der Waals surface area contributed by atoms with Gasteiger partial charge in [-0.15, -0.1) is 11.3 Å². The fraction of sp³-hybridized carbons (Fsp3) is 0.133. The first kappa shape index (κ1) is 12.9. The molecule has 1 N–H and O–H groups in total. The van der Waals surface area contributed by atoms with Crippen molar-refractivity contribution >= 4 is 33.1 Å². The van der Waals surface area contributed by atoms with Gasteiger partial charge in [0.05, 0.1) is 10.2 Å². The van der Waals surface area contributed by atoms with E-state index in [1.165, 1.54) is 12.1 Å². The summed E-state index contributed by atoms with van der Waals surface area (Å²) in [5.74, 6) is -0.587. The van der Waals surface area contributed by atoms with Crippen molar-refractivity contribution in [2.75, 3.05) is 5.32 Å². The van der Waals surface area contributed by atoms with Gasteiger partial charge in [0.2, 0.25) is 0 Å². The lowest BCUT2D eigenvalue weighted by atomic mass is 10.3. The molecule has 0 radical (unpaired) electrons. The third kappa shape index (κ3) is 2.20. The first-order valence-electron chi connectivity index (χ1n) is 6.32. The van der Waals surface area contributed by atoms with Gasteiger partial charge in [0, 0.05) is 12.2 Å². The minimum Gasteiger partial charge on any atom is -0.336 e. The van der Waals surface area contributed by atoms with E-state index in [2.05, 4.69) is 5.32 Å². The molecule has 3 rings (SSSR count). The van der Waals surface area contributed by atoms with E-state index in [1.54, 1.807) is 23.5 Å². The summed E-state index contributed by atoms with van der Waals surface area (Å²) in [6.07, 6.45) is 0. The lowest BCUT2D eigenvalue weighted by Gasteiger charge is -2.08. The SMILES string of the molecule is CCn1c(C(=O)Nc2cccc(F)c2)cc2sccc21. The zero-order valence-corrected chi connectivity index (χ0v) is 11.7. The molecule has 0 bridgehead atoms. The number of hydrogen-bond donors (Lipinski definition) is 1. The molecule has 0 aliphatic heterocycles. The molecule has 102 valence electrons. The van der Waals surface area contributed by atoms with Gasteiger partial charge in [-0.2, -0.15) is 0 Å². The zero-order chi connectivity index (χ0) is 14.1. The molecule has 3 aromatic rings. The molecule has 0 atom stereocenters. The van der Waals surface area contributed by atoms with Crippen molar-refractivity contribution in [3.05, 3.63) is 53.3 Å². The Morgan fingerprint density at radius 1 is 1.35 bits per heavy atom. The highest BCUT2D eigenvalue weighted by Crippen LogP contribution is 2.25. The van der Waals surface area contributed by atoms with E-state index in [4.69, 9.17) is 0 Å². The van der Waals surface area contributed by atoms with E-state index < -0.39 is 0 Å². The topological polar surface area (TPSA) is 34.0 Å². The average Bonchev–Trinajstić information content (AvgIpc) is 2.98. The quantitative estimate of drug-likeness (QED) is 0.773. The van der Waals surface area contributed by atoms with Crippen LogP contribution in [0, 0.1) is 5.82 Å². The smallest absolute Gasteiger partial charge is 0.272 e. The van der Waals surface area contributed by atoms with E-state index in [1.807, 2.05) is 29.0 Å². The highest BCUT2D eigenvalue weighted by atomic mass is 32.1. The van der Waals surface area contributed by atoms with Gasteiger partial charge in [-0.25, -0.2) is 4.39 Å². The normalized spacial score (nSPS) is 10.9. The fourth-order valence-electron chi connectivity index (χ4n) is 2.27. The maximum Gasteiger partial charge on any atom is 0.272 e. The molecule has 0 saturated heterocycles. The Bertz CT molecular complexity index is 775. The molecule has 0 fully saturated rings. The number of carbonyl (C=O) groups is 1. The number of fused-ring (bicyclic) bond motifs is 1. The third-order valence-electron chi connectivity index (χ3n) is 3.15. The molecular weight excluding hydrogens is 275 g/mol. The molecule has 5 heteroatoms. The Morgan fingerprint density at radius 3 is 2.95 bits per heavy atom. The molecule has 2 heterocycles. The maximum atomic E-state index is 13.1. The van der Waals surface area contributed by atoms with Crippen molar-refractivity contribution in [2.45, 2.75) is 13.5 Å². The van der Waals surface area contributed by atoms with E-state index in [9.17, 15) is 9.18 Å². The molecule has 1 amide bonds. The molecular formula is C15H13FN2OS. The Morgan fingerprint density at radius 2 is 2.20 bits per heavy atom. The van der Waals surface area contributed by atoms with Crippen LogP contribution in [0.1, 0.15) is 17.4 Å². The molecule has 0 unspecified atom stereocenters. The van der Waals surface area contributed by atoms with Gasteiger partial charge in [0.15, 0.2) is 0 Å². The van der Waals surface area contributed by atoms with Crippen LogP contribution in [0.25, 0.3) is 10.2 Å². The molecule has 0 aliphatic rings. The van der Waals surface area contributed by atoms with E-state index in [-0.39, 0.29) is 11.7 Å². The predicted octanol–water partition coefficient (Wildman–Crippen LogP) is 4.11. The van der Waals surface area contributed by atoms with Crippen LogP contribution in [0.4, 0.5) is 10.1 Å². The van der Waals surface area contributed by atoms with E-state index >= 15 is 0 Å². The Hall–Kier alpha value is -2.14. The summed E-state index contributed by atoms with van der Waals surface area (Å²) in [5, 5.41) is 4.73. The van der Waals surface area contributed by atoms with Crippen LogP contribution >= 0.6 is 11.3 Å². The number of nitrogens with one attached hydrogen (secondary N) is 1. The van der Waals surface area contributed by atoms with E-state index in [0.29, 0.717) is 17.9 Å². The lowest BCUT2D eigenvalue weighted by molar-refractivity contribution is 0.101. The van der Waals surface area contributed by atoms with Gasteiger partial charge < -0.3 is 9.88 Å². The largest absolute Gasteiger partial charge is 0.336 e. The van der Waals surface area contributed by atoms with Crippen LogP contribution in [0.5, 0.6) is 0 Å². The Balaban J connectivity index is 1.94. The van der Waals surface area contributed by atoms with Crippen LogP contribution < -0.4 is 5.32 Å². The number of anilines is 1. The van der Waals surface area contributed by atoms with Gasteiger partial charge in [0.25, 0.3) is 5.91 Å². The molecule has 3 nitrogen and oxygen atoms in total. The van der Waals surface area contributed by atoms with Gasteiger partial charge in [-0.1, -0.05) is 6.07 Å². The standard InChI is InChI=1S/C15H13FN2OS/c1-2-18-12-6-7-20-14(12)9-13(18)15(19)17-11-5-3-4-10(16)8-11/h3-9H,2H2,1H3,(H,17,19). The van der Waals surface area contributed by atoms with Crippen LogP contribution in [-0.2, 0) is 6.54 Å². The summed E-state index contributed by atoms with van der Waals surface area (Å²) in [5.41, 5.74) is 2.11. The van der Waals surface area contributed by atoms with Gasteiger partial charge in [-0.3, -0.25) is 4.79 Å². The highest BCUT2D eigenvalue weighted by molar-refractivity contribution is 7.17. The summed E-state index contributed by atoms with van der Waals surface area (Å²) in [4.78, 5) is 12.3. The number of benzene rings is 1. The molecule has 20 heavy (non-hydrogen) atoms. The van der Waals surface area contributed by atoms with Crippen LogP contribution in [0.3, 0.4) is 0 Å². The monoisotopic (exact) mass is 288 g/mol. The van der Waals surface area contributed by atoms with Gasteiger partial charge in [0.1, 0.15) is 11.5 Å². The summed E-state index contributed by atoms with van der Waals surface area (Å²) in [6.45, 7) is 2.71. The molecule has 0 saturated carbocycles. The first-order valence-corrected chi connectivity index (χ1v) is 7.20. The number of nitrogens with zero attached hydrogens (tertiary/aromatic N) is 1. The number of aryl methyl sites for hydroxylation is 1. The summed E-state index contributed by atoms with van der Waals surface area (Å²) in [7, 11) is 0. The number of rotatable bonds is 3. The second kappa shape index (κ2) is 5.09. The number of amides is 1. The molecule has 0 aliphatic carbocycles. The van der Waals surface area contributed by atoms with Crippen molar-refractivity contribution in [3.8, 4) is 0 Å². The summed E-state index contributed by atoms with van der Waals surface area (Å²) in [6, 6.07) is 9.77. The highest BCUT2D eigenvalue weighted by Gasteiger charge is 2.15. The minimum atomic E-state index is -0.366. The number of aromatic nitrogens is 1. The predicted molar refractivity (Wildman–Crippen MR) is 79.8 cm³/mol. The van der Waals surface area contributed by atoms with Crippen molar-refractivity contribution in [1.29, 1.82) is 0 Å². The van der Waals surface area contributed by atoms with Crippen LogP contribution in [0.15, 0.2) is 41.8 Å². The van der Waals surface area contributed by atoms with E-state index in [0.717, 1.165) is 10.2 Å². The third-order valence-corrected chi connectivity index (χ3v) is 4.01. The number of carbonyl (C=O) groups excluding carboxylic acids is 1. The molecule has 0 spiro atoms. The Labute approximate surface area is 119 Å². The second-order valence-corrected chi connectivity index (χ2v) is 5.36. The van der Waals surface area contributed by atoms with Crippen molar-refractivity contribution in [1.82, 2.24) is 4.57 Å². The zero-order valence-electron chi connectivity index (χ0n) is 10.9. The lowest BCUT2D eigenvalue weighted by Crippen LogP contribution is -2.16. The second-order valence-electron chi connectivity index (χ2n) is 4.41. The van der Waals surface area contributed by atoms with Crippen LogP contribution in [-0.4, -0.2) is 10.5 Å². The van der Waals surface area contributed by atoms with Crippen molar-refractivity contribution < 1.29 is 9.18 Å². The fourth-order valence-corrected chi connectivity index (χ4v) is 3.09. The van der Waals surface area contributed by atoms with Gasteiger partial charge in [-0.05, 0) is 42.6 Å². The molecule has 1 aromatic carbocycles. The van der Waals surface area contributed by atoms with Crippen molar-refractivity contribution in [3.63, 3.8) is 0 Å². The summed E-state index contributed by atoms with van der Waals surface area (Å²) < 4.78 is 16.2. The van der Waals surface area contributed by atoms with Gasteiger partial charge >= 0.3 is 0 Å². The average molecular weight is 288 g/mol. The molecule has 2 aromatic heterocycles. The van der Waals surface area contributed by atoms with Crippen molar-refractivity contribution in [2.24, 2.45) is 0 Å². The van der Waals surface area contributed by atoms with Crippen LogP contribution in [0.2, 0.25) is 0 Å². The minimum absolute atomic E-state index is 0.221. The Kier molecular flexibility index (Phi) is 3.28. The summed E-state index contributed by atoms with van der Waals surface area (Å²) >= 11 is 1.60. The maximum absolute atomic E-state index is 13.1. The number of hydrogen-bond acceptors (Lipinski definition) is 2. The number of thiophene rings is 1. The first-order chi connectivity index (χ1) is 9.69. The number of halogens is 1.